The number of hydrogen-bond acceptors (Lipinski definition) is 5. The molecule has 0 unspecified atom stereocenters. The lowest BCUT2D eigenvalue weighted by Gasteiger charge is -2.09. The summed E-state index contributed by atoms with van der Waals surface area (Å²) in [6.07, 6.45) is 1.52. The van der Waals surface area contributed by atoms with Crippen LogP contribution in [0.15, 0.2) is 28.9 Å². The fraction of sp³-hybridized carbons (Fsp3) is 0.167. The Bertz CT molecular complexity index is 685. The number of primary amides is 1. The van der Waals surface area contributed by atoms with Gasteiger partial charge in [-0.15, -0.1) is 5.10 Å². The number of carboxylic acids is 1. The summed E-state index contributed by atoms with van der Waals surface area (Å²) < 4.78 is 2.01. The summed E-state index contributed by atoms with van der Waals surface area (Å²) in [5.74, 6) is -1.54. The van der Waals surface area contributed by atoms with Crippen molar-refractivity contribution in [1.29, 1.82) is 0 Å². The van der Waals surface area contributed by atoms with Gasteiger partial charge in [-0.25, -0.2) is 4.68 Å². The van der Waals surface area contributed by atoms with Crippen LogP contribution in [-0.4, -0.2) is 32.0 Å². The predicted octanol–water partition coefficient (Wildman–Crippen LogP) is 0.836. The first-order valence-electron chi connectivity index (χ1n) is 5.89. The van der Waals surface area contributed by atoms with Crippen LogP contribution in [0.1, 0.15) is 16.1 Å². The van der Waals surface area contributed by atoms with Crippen molar-refractivity contribution in [3.8, 4) is 0 Å². The van der Waals surface area contributed by atoms with Crippen molar-refractivity contribution >= 4 is 33.5 Å². The molecule has 21 heavy (non-hydrogen) atoms. The van der Waals surface area contributed by atoms with Gasteiger partial charge in [-0.1, -0.05) is 21.1 Å². The molecule has 0 saturated carbocycles. The number of aromatic nitrogens is 3. The Morgan fingerprint density at radius 2 is 2.19 bits per heavy atom. The summed E-state index contributed by atoms with van der Waals surface area (Å²) in [5, 5.41) is 19.2. The Labute approximate surface area is 128 Å². The van der Waals surface area contributed by atoms with Gasteiger partial charge in [0.25, 0.3) is 5.91 Å². The lowest BCUT2D eigenvalue weighted by atomic mass is 10.1. The first-order chi connectivity index (χ1) is 9.95. The topological polar surface area (TPSA) is 123 Å². The van der Waals surface area contributed by atoms with Gasteiger partial charge in [-0.3, -0.25) is 9.59 Å². The molecule has 0 atom stereocenters. The molecule has 0 aliphatic heterocycles. The minimum absolute atomic E-state index is 0.254. The molecule has 0 bridgehead atoms. The van der Waals surface area contributed by atoms with Gasteiger partial charge in [0, 0.05) is 10.2 Å². The Morgan fingerprint density at radius 3 is 2.86 bits per heavy atom. The number of rotatable bonds is 6. The van der Waals surface area contributed by atoms with E-state index in [1.807, 2.05) is 0 Å². The fourth-order valence-electron chi connectivity index (χ4n) is 1.70. The second kappa shape index (κ2) is 6.35. The molecule has 1 aromatic carbocycles. The molecule has 2 aromatic rings. The maximum atomic E-state index is 11.3. The van der Waals surface area contributed by atoms with E-state index in [0.29, 0.717) is 16.9 Å². The average Bonchev–Trinajstić information content (AvgIpc) is 2.82. The summed E-state index contributed by atoms with van der Waals surface area (Å²) in [4.78, 5) is 21.9. The number of aliphatic carboxylic acids is 1. The largest absolute Gasteiger partial charge is 0.480 e. The van der Waals surface area contributed by atoms with Gasteiger partial charge in [0.15, 0.2) is 0 Å². The highest BCUT2D eigenvalue weighted by molar-refractivity contribution is 9.10. The van der Waals surface area contributed by atoms with Gasteiger partial charge in [-0.2, -0.15) is 0 Å². The number of amides is 1. The maximum Gasteiger partial charge on any atom is 0.325 e. The smallest absolute Gasteiger partial charge is 0.325 e. The van der Waals surface area contributed by atoms with Crippen LogP contribution in [0.3, 0.4) is 0 Å². The molecule has 4 N–H and O–H groups in total. The maximum absolute atomic E-state index is 11.3. The molecule has 1 heterocycles. The predicted molar refractivity (Wildman–Crippen MR) is 77.6 cm³/mol. The molecule has 0 spiro atoms. The highest BCUT2D eigenvalue weighted by Crippen LogP contribution is 2.21. The molecule has 0 aliphatic carbocycles. The number of carbonyl (C=O) groups is 2. The summed E-state index contributed by atoms with van der Waals surface area (Å²) in [6.45, 7) is 0.0345. The molecule has 0 saturated heterocycles. The van der Waals surface area contributed by atoms with E-state index in [9.17, 15) is 9.59 Å². The van der Waals surface area contributed by atoms with E-state index in [1.54, 1.807) is 18.2 Å². The standard InChI is InChI=1S/C12H12BrN5O3/c13-7-1-2-9(12(14)21)10(3-7)15-4-8-5-18(17-16-8)6-11(19)20/h1-3,5,15H,4,6H2,(H2,14,21)(H,19,20). The van der Waals surface area contributed by atoms with Crippen LogP contribution in [0.4, 0.5) is 5.69 Å². The molecule has 0 aliphatic rings. The van der Waals surface area contributed by atoms with E-state index >= 15 is 0 Å². The highest BCUT2D eigenvalue weighted by atomic mass is 79.9. The number of benzene rings is 1. The van der Waals surface area contributed by atoms with Gasteiger partial charge in [0.05, 0.1) is 18.3 Å². The number of nitrogens with zero attached hydrogens (tertiary/aromatic N) is 3. The molecule has 8 nitrogen and oxygen atoms in total. The Morgan fingerprint density at radius 1 is 1.43 bits per heavy atom. The van der Waals surface area contributed by atoms with Crippen LogP contribution in [0.5, 0.6) is 0 Å². The van der Waals surface area contributed by atoms with Gasteiger partial charge >= 0.3 is 5.97 Å². The zero-order valence-corrected chi connectivity index (χ0v) is 12.4. The van der Waals surface area contributed by atoms with Crippen molar-refractivity contribution in [2.24, 2.45) is 5.73 Å². The third-order valence-electron chi connectivity index (χ3n) is 2.59. The zero-order chi connectivity index (χ0) is 15.4. The van der Waals surface area contributed by atoms with Crippen LogP contribution in [0, 0.1) is 0 Å². The monoisotopic (exact) mass is 353 g/mol. The van der Waals surface area contributed by atoms with Crippen molar-refractivity contribution < 1.29 is 14.7 Å². The van der Waals surface area contributed by atoms with E-state index in [1.165, 1.54) is 10.9 Å². The second-order valence-electron chi connectivity index (χ2n) is 4.21. The molecule has 9 heteroatoms. The van der Waals surface area contributed by atoms with E-state index in [-0.39, 0.29) is 13.1 Å². The number of nitrogens with two attached hydrogens (primary N) is 1. The second-order valence-corrected chi connectivity index (χ2v) is 5.12. The molecule has 0 radical (unpaired) electrons. The number of carboxylic acid groups (broad SMARTS) is 1. The number of halogens is 1. The van der Waals surface area contributed by atoms with E-state index in [4.69, 9.17) is 10.8 Å². The summed E-state index contributed by atoms with van der Waals surface area (Å²) in [7, 11) is 0. The van der Waals surface area contributed by atoms with E-state index < -0.39 is 11.9 Å². The lowest BCUT2D eigenvalue weighted by molar-refractivity contribution is -0.137. The molecule has 2 rings (SSSR count). The summed E-state index contributed by atoms with van der Waals surface area (Å²) >= 11 is 3.31. The van der Waals surface area contributed by atoms with Crippen molar-refractivity contribution in [2.75, 3.05) is 5.32 Å². The van der Waals surface area contributed by atoms with Crippen molar-refractivity contribution in [2.45, 2.75) is 13.1 Å². The molecule has 1 aromatic heterocycles. The Hall–Kier alpha value is -2.42. The first-order valence-corrected chi connectivity index (χ1v) is 6.69. The van der Waals surface area contributed by atoms with Gasteiger partial charge in [0.2, 0.25) is 0 Å². The quantitative estimate of drug-likeness (QED) is 0.706. The van der Waals surface area contributed by atoms with Crippen LogP contribution in [0.25, 0.3) is 0 Å². The molecule has 110 valence electrons. The van der Waals surface area contributed by atoms with E-state index in [2.05, 4.69) is 31.6 Å². The van der Waals surface area contributed by atoms with Gasteiger partial charge in [0.1, 0.15) is 12.2 Å². The molecular formula is C12H12BrN5O3. The third-order valence-corrected chi connectivity index (χ3v) is 3.08. The van der Waals surface area contributed by atoms with Crippen LogP contribution in [-0.2, 0) is 17.9 Å². The fourth-order valence-corrected chi connectivity index (χ4v) is 2.06. The minimum atomic E-state index is -0.998. The number of hydrogen-bond donors (Lipinski definition) is 3. The van der Waals surface area contributed by atoms with Crippen molar-refractivity contribution in [1.82, 2.24) is 15.0 Å². The summed E-state index contributed by atoms with van der Waals surface area (Å²) in [5.41, 5.74) is 6.77. The Kier molecular flexibility index (Phi) is 4.53. The van der Waals surface area contributed by atoms with E-state index in [0.717, 1.165) is 4.47 Å². The molecule has 0 fully saturated rings. The average molecular weight is 354 g/mol. The molecule has 1 amide bonds. The Balaban J connectivity index is 2.09. The number of nitrogens with one attached hydrogen (secondary N) is 1. The summed E-state index contributed by atoms with van der Waals surface area (Å²) in [6, 6.07) is 5.05. The third kappa shape index (κ3) is 4.02. The SMILES string of the molecule is NC(=O)c1ccc(Br)cc1NCc1cn(CC(=O)O)nn1. The normalized spacial score (nSPS) is 10.3. The highest BCUT2D eigenvalue weighted by Gasteiger charge is 2.10. The van der Waals surface area contributed by atoms with Gasteiger partial charge < -0.3 is 16.2 Å². The first kappa shape index (κ1) is 15.0. The zero-order valence-electron chi connectivity index (χ0n) is 10.8. The number of carbonyl (C=O) groups excluding carboxylic acids is 1. The molecular weight excluding hydrogens is 342 g/mol. The van der Waals surface area contributed by atoms with Crippen LogP contribution < -0.4 is 11.1 Å². The van der Waals surface area contributed by atoms with Gasteiger partial charge in [-0.05, 0) is 18.2 Å². The number of anilines is 1. The lowest BCUT2D eigenvalue weighted by Crippen LogP contribution is -2.14. The minimum Gasteiger partial charge on any atom is -0.480 e. The van der Waals surface area contributed by atoms with Crippen LogP contribution >= 0.6 is 15.9 Å². The van der Waals surface area contributed by atoms with Crippen molar-refractivity contribution in [3.63, 3.8) is 0 Å². The van der Waals surface area contributed by atoms with Crippen molar-refractivity contribution in [3.05, 3.63) is 40.1 Å². The van der Waals surface area contributed by atoms with Crippen LogP contribution in [0.2, 0.25) is 0 Å².